The Morgan fingerprint density at radius 3 is 2.62 bits per heavy atom. The Bertz CT molecular complexity index is 207. The number of morpholine rings is 1. The summed E-state index contributed by atoms with van der Waals surface area (Å²) in [6, 6.07) is 0.554. The Morgan fingerprint density at radius 2 is 2.12 bits per heavy atom. The predicted molar refractivity (Wildman–Crippen MR) is 65.6 cm³/mol. The van der Waals surface area contributed by atoms with E-state index in [9.17, 15) is 5.11 Å². The van der Waals surface area contributed by atoms with Crippen LogP contribution in [0.5, 0.6) is 0 Å². The van der Waals surface area contributed by atoms with Gasteiger partial charge < -0.3 is 15.2 Å². The quantitative estimate of drug-likeness (QED) is 0.720. The van der Waals surface area contributed by atoms with Gasteiger partial charge in [-0.1, -0.05) is 13.8 Å². The first-order valence-corrected chi connectivity index (χ1v) is 6.15. The molecule has 0 aromatic heterocycles. The highest BCUT2D eigenvalue weighted by molar-refractivity contribution is 4.87. The Kier molecular flexibility index (Phi) is 5.18. The summed E-state index contributed by atoms with van der Waals surface area (Å²) in [4.78, 5) is 2.40. The van der Waals surface area contributed by atoms with Gasteiger partial charge in [0.25, 0.3) is 0 Å². The molecular weight excluding hydrogens is 204 g/mol. The SMILES string of the molecule is CC(C)NC(CO)CN1CCOCC1(C)C. The van der Waals surface area contributed by atoms with Gasteiger partial charge in [0.05, 0.1) is 19.8 Å². The molecule has 0 amide bonds. The molecule has 1 aliphatic rings. The molecule has 0 spiro atoms. The average molecular weight is 230 g/mol. The second kappa shape index (κ2) is 5.96. The predicted octanol–water partition coefficient (Wildman–Crippen LogP) is 0.456. The third-order valence-electron chi connectivity index (χ3n) is 3.05. The topological polar surface area (TPSA) is 44.7 Å². The van der Waals surface area contributed by atoms with Crippen LogP contribution in [-0.2, 0) is 4.74 Å². The van der Waals surface area contributed by atoms with Gasteiger partial charge in [-0.25, -0.2) is 0 Å². The summed E-state index contributed by atoms with van der Waals surface area (Å²) in [6.07, 6.45) is 0. The minimum atomic E-state index is 0.0737. The Labute approximate surface area is 99.0 Å². The van der Waals surface area contributed by atoms with Gasteiger partial charge in [0.2, 0.25) is 0 Å². The molecule has 1 aliphatic heterocycles. The van der Waals surface area contributed by atoms with E-state index in [1.165, 1.54) is 0 Å². The number of rotatable bonds is 5. The molecular formula is C12H26N2O2. The number of nitrogens with zero attached hydrogens (tertiary/aromatic N) is 1. The summed E-state index contributed by atoms with van der Waals surface area (Å²) in [5.41, 5.74) is 0.0737. The first-order chi connectivity index (χ1) is 7.45. The molecule has 0 aromatic carbocycles. The molecule has 0 radical (unpaired) electrons. The van der Waals surface area contributed by atoms with Crippen LogP contribution >= 0.6 is 0 Å². The number of ether oxygens (including phenoxy) is 1. The molecule has 1 unspecified atom stereocenters. The van der Waals surface area contributed by atoms with Crippen molar-refractivity contribution in [3.8, 4) is 0 Å². The molecule has 1 fully saturated rings. The summed E-state index contributed by atoms with van der Waals surface area (Å²) >= 11 is 0. The van der Waals surface area contributed by atoms with Crippen molar-refractivity contribution < 1.29 is 9.84 Å². The summed E-state index contributed by atoms with van der Waals surface area (Å²) in [5, 5.41) is 12.7. The van der Waals surface area contributed by atoms with Crippen LogP contribution in [0.2, 0.25) is 0 Å². The van der Waals surface area contributed by atoms with Crippen LogP contribution in [0, 0.1) is 0 Å². The first-order valence-electron chi connectivity index (χ1n) is 6.15. The van der Waals surface area contributed by atoms with Gasteiger partial charge in [0, 0.05) is 30.7 Å². The van der Waals surface area contributed by atoms with Crippen LogP contribution in [0.3, 0.4) is 0 Å². The number of hydrogen-bond acceptors (Lipinski definition) is 4. The molecule has 0 saturated carbocycles. The van der Waals surface area contributed by atoms with Crippen LogP contribution in [0.1, 0.15) is 27.7 Å². The number of nitrogens with one attached hydrogen (secondary N) is 1. The fraction of sp³-hybridized carbons (Fsp3) is 1.00. The molecule has 16 heavy (non-hydrogen) atoms. The second-order valence-electron chi connectivity index (χ2n) is 5.51. The van der Waals surface area contributed by atoms with Gasteiger partial charge in [0.1, 0.15) is 0 Å². The largest absolute Gasteiger partial charge is 0.395 e. The molecule has 4 heteroatoms. The average Bonchev–Trinajstić information content (AvgIpc) is 2.19. The lowest BCUT2D eigenvalue weighted by Gasteiger charge is -2.43. The Morgan fingerprint density at radius 1 is 1.44 bits per heavy atom. The van der Waals surface area contributed by atoms with E-state index in [-0.39, 0.29) is 18.2 Å². The summed E-state index contributed by atoms with van der Waals surface area (Å²) in [5.74, 6) is 0. The molecule has 0 aliphatic carbocycles. The van der Waals surface area contributed by atoms with E-state index in [0.717, 1.165) is 26.3 Å². The van der Waals surface area contributed by atoms with Crippen LogP contribution in [0.4, 0.5) is 0 Å². The van der Waals surface area contributed by atoms with Crippen molar-refractivity contribution in [1.29, 1.82) is 0 Å². The Balaban J connectivity index is 2.49. The van der Waals surface area contributed by atoms with Crippen molar-refractivity contribution in [1.82, 2.24) is 10.2 Å². The van der Waals surface area contributed by atoms with Crippen molar-refractivity contribution in [2.75, 3.05) is 32.9 Å². The molecule has 1 saturated heterocycles. The highest BCUT2D eigenvalue weighted by atomic mass is 16.5. The molecule has 96 valence electrons. The van der Waals surface area contributed by atoms with Crippen molar-refractivity contribution >= 4 is 0 Å². The molecule has 4 nitrogen and oxygen atoms in total. The van der Waals surface area contributed by atoms with Crippen molar-refractivity contribution in [2.24, 2.45) is 0 Å². The van der Waals surface area contributed by atoms with Gasteiger partial charge in [-0.05, 0) is 13.8 Å². The van der Waals surface area contributed by atoms with Crippen LogP contribution in [0.15, 0.2) is 0 Å². The van der Waals surface area contributed by atoms with E-state index in [0.29, 0.717) is 6.04 Å². The zero-order valence-corrected chi connectivity index (χ0v) is 11.0. The van der Waals surface area contributed by atoms with E-state index in [1.54, 1.807) is 0 Å². The lowest BCUT2D eigenvalue weighted by atomic mass is 10.0. The number of aliphatic hydroxyl groups is 1. The van der Waals surface area contributed by atoms with Crippen LogP contribution < -0.4 is 5.32 Å². The summed E-state index contributed by atoms with van der Waals surface area (Å²) in [7, 11) is 0. The third-order valence-corrected chi connectivity index (χ3v) is 3.05. The van der Waals surface area contributed by atoms with Crippen LogP contribution in [-0.4, -0.2) is 60.5 Å². The van der Waals surface area contributed by atoms with E-state index in [4.69, 9.17) is 4.74 Å². The van der Waals surface area contributed by atoms with Crippen molar-refractivity contribution in [3.63, 3.8) is 0 Å². The number of aliphatic hydroxyl groups excluding tert-OH is 1. The smallest absolute Gasteiger partial charge is 0.0645 e. The zero-order valence-electron chi connectivity index (χ0n) is 11.0. The van der Waals surface area contributed by atoms with E-state index in [2.05, 4.69) is 37.9 Å². The minimum Gasteiger partial charge on any atom is -0.395 e. The monoisotopic (exact) mass is 230 g/mol. The van der Waals surface area contributed by atoms with Gasteiger partial charge in [-0.2, -0.15) is 0 Å². The second-order valence-corrected chi connectivity index (χ2v) is 5.51. The van der Waals surface area contributed by atoms with E-state index in [1.807, 2.05) is 0 Å². The molecule has 2 N–H and O–H groups in total. The molecule has 1 rings (SSSR count). The number of hydrogen-bond donors (Lipinski definition) is 2. The maximum Gasteiger partial charge on any atom is 0.0645 e. The van der Waals surface area contributed by atoms with E-state index < -0.39 is 0 Å². The van der Waals surface area contributed by atoms with Gasteiger partial charge >= 0.3 is 0 Å². The third kappa shape index (κ3) is 4.01. The maximum absolute atomic E-state index is 9.36. The maximum atomic E-state index is 9.36. The molecule has 0 aromatic rings. The molecule has 1 heterocycles. The standard InChI is InChI=1S/C12H26N2O2/c1-10(2)13-11(8-15)7-14-5-6-16-9-12(14,3)4/h10-11,13,15H,5-9H2,1-4H3. The zero-order chi connectivity index (χ0) is 12.2. The lowest BCUT2D eigenvalue weighted by Crippen LogP contribution is -2.58. The fourth-order valence-electron chi connectivity index (χ4n) is 2.13. The van der Waals surface area contributed by atoms with Crippen molar-refractivity contribution in [3.05, 3.63) is 0 Å². The van der Waals surface area contributed by atoms with E-state index >= 15 is 0 Å². The van der Waals surface area contributed by atoms with Gasteiger partial charge in [-0.3, -0.25) is 4.90 Å². The Hall–Kier alpha value is -0.160. The normalized spacial score (nSPS) is 23.6. The highest BCUT2D eigenvalue weighted by Crippen LogP contribution is 2.18. The van der Waals surface area contributed by atoms with Gasteiger partial charge in [-0.15, -0.1) is 0 Å². The lowest BCUT2D eigenvalue weighted by molar-refractivity contribution is -0.0567. The van der Waals surface area contributed by atoms with Crippen molar-refractivity contribution in [2.45, 2.75) is 45.3 Å². The molecule has 1 atom stereocenters. The molecule has 0 bridgehead atoms. The summed E-state index contributed by atoms with van der Waals surface area (Å²) in [6.45, 7) is 12.2. The highest BCUT2D eigenvalue weighted by Gasteiger charge is 2.31. The summed E-state index contributed by atoms with van der Waals surface area (Å²) < 4.78 is 5.49. The first kappa shape index (κ1) is 13.9. The van der Waals surface area contributed by atoms with Gasteiger partial charge in [0.15, 0.2) is 0 Å². The van der Waals surface area contributed by atoms with Crippen LogP contribution in [0.25, 0.3) is 0 Å². The minimum absolute atomic E-state index is 0.0737. The fourth-order valence-corrected chi connectivity index (χ4v) is 2.13.